The lowest BCUT2D eigenvalue weighted by Gasteiger charge is -2.39. The molecule has 1 aromatic rings. The van der Waals surface area contributed by atoms with E-state index >= 15 is 0 Å². The summed E-state index contributed by atoms with van der Waals surface area (Å²) in [5.41, 5.74) is 1.33. The van der Waals surface area contributed by atoms with Gasteiger partial charge in [0, 0.05) is 12.8 Å². The minimum Gasteiger partial charge on any atom is -0.508 e. The first kappa shape index (κ1) is 12.9. The molecule has 0 bridgehead atoms. The molecule has 1 aliphatic rings. The van der Waals surface area contributed by atoms with Crippen molar-refractivity contribution >= 4 is 11.6 Å². The van der Waals surface area contributed by atoms with Crippen molar-refractivity contribution in [3.8, 4) is 5.75 Å². The standard InChI is InChI=1S/C14H19NO3/c1-10-8-11(16)4-5-12(10)15-13(17)9-14(18-2)6-3-7-14/h4-5,8,16H,3,6-7,9H2,1-2H3,(H,15,17). The summed E-state index contributed by atoms with van der Waals surface area (Å²) in [5.74, 6) is 0.170. The predicted molar refractivity (Wildman–Crippen MR) is 69.7 cm³/mol. The Bertz CT molecular complexity index is 447. The molecule has 4 heteroatoms. The highest BCUT2D eigenvalue weighted by atomic mass is 16.5. The summed E-state index contributed by atoms with van der Waals surface area (Å²) in [6.45, 7) is 1.85. The minimum atomic E-state index is -0.255. The van der Waals surface area contributed by atoms with Gasteiger partial charge in [-0.15, -0.1) is 0 Å². The number of anilines is 1. The van der Waals surface area contributed by atoms with Crippen LogP contribution in [0.2, 0.25) is 0 Å². The number of nitrogens with one attached hydrogen (secondary N) is 1. The molecular formula is C14H19NO3. The Morgan fingerprint density at radius 2 is 2.22 bits per heavy atom. The van der Waals surface area contributed by atoms with Crippen LogP contribution in [0.25, 0.3) is 0 Å². The van der Waals surface area contributed by atoms with Gasteiger partial charge < -0.3 is 15.2 Å². The number of carbonyl (C=O) groups excluding carboxylic acids is 1. The Morgan fingerprint density at radius 1 is 1.50 bits per heavy atom. The third kappa shape index (κ3) is 2.64. The van der Waals surface area contributed by atoms with E-state index in [-0.39, 0.29) is 17.3 Å². The van der Waals surface area contributed by atoms with Gasteiger partial charge in [0.2, 0.25) is 5.91 Å². The topological polar surface area (TPSA) is 58.6 Å². The molecule has 0 radical (unpaired) electrons. The van der Waals surface area contributed by atoms with Gasteiger partial charge in [-0.3, -0.25) is 4.79 Å². The van der Waals surface area contributed by atoms with Crippen LogP contribution in [0.1, 0.15) is 31.2 Å². The Kier molecular flexibility index (Phi) is 3.57. The van der Waals surface area contributed by atoms with Crippen molar-refractivity contribution in [3.63, 3.8) is 0 Å². The molecule has 0 unspecified atom stereocenters. The first-order valence-electron chi connectivity index (χ1n) is 6.19. The monoisotopic (exact) mass is 249 g/mol. The lowest BCUT2D eigenvalue weighted by atomic mass is 9.77. The average Bonchev–Trinajstić information content (AvgIpc) is 2.27. The largest absolute Gasteiger partial charge is 0.508 e. The van der Waals surface area contributed by atoms with E-state index in [9.17, 15) is 9.90 Å². The highest BCUT2D eigenvalue weighted by molar-refractivity contribution is 5.92. The molecule has 2 N–H and O–H groups in total. The summed E-state index contributed by atoms with van der Waals surface area (Å²) in [7, 11) is 1.66. The molecule has 98 valence electrons. The van der Waals surface area contributed by atoms with Crippen molar-refractivity contribution in [3.05, 3.63) is 23.8 Å². The number of rotatable bonds is 4. The Labute approximate surface area is 107 Å². The summed E-state index contributed by atoms with van der Waals surface area (Å²) in [5, 5.41) is 12.2. The molecular weight excluding hydrogens is 230 g/mol. The van der Waals surface area contributed by atoms with Crippen LogP contribution in [0.3, 0.4) is 0 Å². The van der Waals surface area contributed by atoms with Gasteiger partial charge in [-0.05, 0) is 49.9 Å². The Balaban J connectivity index is 1.98. The summed E-state index contributed by atoms with van der Waals surface area (Å²) >= 11 is 0. The molecule has 0 aromatic heterocycles. The predicted octanol–water partition coefficient (Wildman–Crippen LogP) is 2.60. The highest BCUT2D eigenvalue weighted by Gasteiger charge is 2.38. The van der Waals surface area contributed by atoms with E-state index in [2.05, 4.69) is 5.32 Å². The Morgan fingerprint density at radius 3 is 2.72 bits per heavy atom. The van der Waals surface area contributed by atoms with Gasteiger partial charge in [0.15, 0.2) is 0 Å². The minimum absolute atomic E-state index is 0.0367. The van der Waals surface area contributed by atoms with E-state index in [0.717, 1.165) is 30.5 Å². The summed E-state index contributed by atoms with van der Waals surface area (Å²) < 4.78 is 5.43. The van der Waals surface area contributed by atoms with E-state index in [1.165, 1.54) is 0 Å². The van der Waals surface area contributed by atoms with E-state index < -0.39 is 0 Å². The third-order valence-corrected chi connectivity index (χ3v) is 3.66. The second kappa shape index (κ2) is 4.98. The average molecular weight is 249 g/mol. The highest BCUT2D eigenvalue weighted by Crippen LogP contribution is 2.38. The maximum atomic E-state index is 12.0. The van der Waals surface area contributed by atoms with Crippen LogP contribution < -0.4 is 5.32 Å². The molecule has 0 saturated heterocycles. The maximum absolute atomic E-state index is 12.0. The van der Waals surface area contributed by atoms with Crippen molar-refractivity contribution in [1.82, 2.24) is 0 Å². The van der Waals surface area contributed by atoms with Crippen LogP contribution in [0.15, 0.2) is 18.2 Å². The molecule has 1 fully saturated rings. The number of ether oxygens (including phenoxy) is 1. The second-order valence-electron chi connectivity index (χ2n) is 4.96. The zero-order chi connectivity index (χ0) is 13.2. The molecule has 1 amide bonds. The van der Waals surface area contributed by atoms with Crippen LogP contribution in [0.4, 0.5) is 5.69 Å². The number of aromatic hydroxyl groups is 1. The van der Waals surface area contributed by atoms with Gasteiger partial charge >= 0.3 is 0 Å². The van der Waals surface area contributed by atoms with Crippen LogP contribution in [-0.4, -0.2) is 23.7 Å². The number of amides is 1. The van der Waals surface area contributed by atoms with E-state index in [1.54, 1.807) is 25.3 Å². The number of methoxy groups -OCH3 is 1. The zero-order valence-electron chi connectivity index (χ0n) is 10.8. The van der Waals surface area contributed by atoms with Gasteiger partial charge in [0.25, 0.3) is 0 Å². The molecule has 0 atom stereocenters. The number of benzene rings is 1. The smallest absolute Gasteiger partial charge is 0.227 e. The number of aryl methyl sites for hydroxylation is 1. The second-order valence-corrected chi connectivity index (χ2v) is 4.96. The first-order chi connectivity index (χ1) is 8.54. The lowest BCUT2D eigenvalue weighted by molar-refractivity contribution is -0.129. The van der Waals surface area contributed by atoms with Crippen molar-refractivity contribution in [2.75, 3.05) is 12.4 Å². The van der Waals surface area contributed by atoms with E-state index in [1.807, 2.05) is 6.92 Å². The van der Waals surface area contributed by atoms with Crippen LogP contribution in [-0.2, 0) is 9.53 Å². The first-order valence-corrected chi connectivity index (χ1v) is 6.19. The number of carbonyl (C=O) groups is 1. The summed E-state index contributed by atoms with van der Waals surface area (Å²) in [6, 6.07) is 4.91. The SMILES string of the molecule is COC1(CC(=O)Nc2ccc(O)cc2C)CCC1. The van der Waals surface area contributed by atoms with E-state index in [0.29, 0.717) is 6.42 Å². The quantitative estimate of drug-likeness (QED) is 0.806. The van der Waals surface area contributed by atoms with Crippen molar-refractivity contribution < 1.29 is 14.6 Å². The van der Waals surface area contributed by atoms with Gasteiger partial charge in [0.1, 0.15) is 5.75 Å². The zero-order valence-corrected chi connectivity index (χ0v) is 10.8. The fourth-order valence-corrected chi connectivity index (χ4v) is 2.30. The van der Waals surface area contributed by atoms with E-state index in [4.69, 9.17) is 4.74 Å². The summed E-state index contributed by atoms with van der Waals surface area (Å²) in [6.07, 6.45) is 3.42. The molecule has 1 aliphatic carbocycles. The number of phenolic OH excluding ortho intramolecular Hbond substituents is 1. The van der Waals surface area contributed by atoms with Gasteiger partial charge in [0.05, 0.1) is 12.0 Å². The van der Waals surface area contributed by atoms with Crippen molar-refractivity contribution in [2.45, 2.75) is 38.2 Å². The maximum Gasteiger partial charge on any atom is 0.227 e. The lowest BCUT2D eigenvalue weighted by Crippen LogP contribution is -2.42. The number of phenols is 1. The fraction of sp³-hybridized carbons (Fsp3) is 0.500. The molecule has 4 nitrogen and oxygen atoms in total. The molecule has 2 rings (SSSR count). The molecule has 1 saturated carbocycles. The molecule has 18 heavy (non-hydrogen) atoms. The third-order valence-electron chi connectivity index (χ3n) is 3.66. The van der Waals surface area contributed by atoms with Gasteiger partial charge in [-0.2, -0.15) is 0 Å². The number of hydrogen-bond acceptors (Lipinski definition) is 3. The van der Waals surface area contributed by atoms with Crippen LogP contribution >= 0.6 is 0 Å². The Hall–Kier alpha value is -1.55. The fourth-order valence-electron chi connectivity index (χ4n) is 2.30. The van der Waals surface area contributed by atoms with Gasteiger partial charge in [-0.1, -0.05) is 0 Å². The molecule has 0 aliphatic heterocycles. The molecule has 0 heterocycles. The van der Waals surface area contributed by atoms with Crippen LogP contribution in [0, 0.1) is 6.92 Å². The van der Waals surface area contributed by atoms with Crippen LogP contribution in [0.5, 0.6) is 5.75 Å². The normalized spacial score (nSPS) is 17.0. The van der Waals surface area contributed by atoms with Gasteiger partial charge in [-0.25, -0.2) is 0 Å². The molecule has 0 spiro atoms. The van der Waals surface area contributed by atoms with Crippen molar-refractivity contribution in [1.29, 1.82) is 0 Å². The van der Waals surface area contributed by atoms with Crippen molar-refractivity contribution in [2.24, 2.45) is 0 Å². The molecule has 1 aromatic carbocycles. The number of hydrogen-bond donors (Lipinski definition) is 2. The summed E-state index contributed by atoms with van der Waals surface area (Å²) in [4.78, 5) is 12.0.